The van der Waals surface area contributed by atoms with Gasteiger partial charge in [0.25, 0.3) is 5.91 Å². The zero-order valence-electron chi connectivity index (χ0n) is 36.1. The molecule has 6 N–H and O–H groups in total. The first kappa shape index (κ1) is 50.1. The number of nitrogens with one attached hydrogen (secondary N) is 4. The number of hydrogen-bond donors (Lipinski definition) is 5. The van der Waals surface area contributed by atoms with E-state index in [0.29, 0.717) is 19.3 Å². The van der Waals surface area contributed by atoms with Crippen molar-refractivity contribution in [1.82, 2.24) is 26.2 Å². The van der Waals surface area contributed by atoms with Gasteiger partial charge in [-0.2, -0.15) is 0 Å². The zero-order chi connectivity index (χ0) is 43.4. The first-order valence-electron chi connectivity index (χ1n) is 21.6. The molecule has 1 heterocycles. The van der Waals surface area contributed by atoms with E-state index < -0.39 is 90.3 Å². The molecule has 4 unspecified atom stereocenters. The van der Waals surface area contributed by atoms with Gasteiger partial charge < -0.3 is 41.4 Å². The Bertz CT molecular complexity index is 1390. The van der Waals surface area contributed by atoms with Crippen LogP contribution in [0.25, 0.3) is 0 Å². The van der Waals surface area contributed by atoms with Gasteiger partial charge in [-0.05, 0) is 64.7 Å². The molecule has 58 heavy (non-hydrogen) atoms. The molecule has 0 aromatic heterocycles. The third-order valence-electron chi connectivity index (χ3n) is 10.8. The van der Waals surface area contributed by atoms with Gasteiger partial charge in [0.15, 0.2) is 0 Å². The number of ketones is 1. The predicted octanol–water partition coefficient (Wildman–Crippen LogP) is 3.12. The van der Waals surface area contributed by atoms with Crippen molar-refractivity contribution in [3.05, 3.63) is 0 Å². The summed E-state index contributed by atoms with van der Waals surface area (Å²) in [6.45, 7) is 12.0. The molecule has 16 nitrogen and oxygen atoms in total. The number of likely N-dealkylation sites (tertiary alicyclic amines) is 1. The van der Waals surface area contributed by atoms with E-state index in [1.165, 1.54) is 4.90 Å². The summed E-state index contributed by atoms with van der Waals surface area (Å²) in [5, 5.41) is 10.5. The van der Waals surface area contributed by atoms with Crippen molar-refractivity contribution >= 4 is 47.2 Å². The number of esters is 1. The minimum Gasteiger partial charge on any atom is -0.458 e. The van der Waals surface area contributed by atoms with E-state index in [2.05, 4.69) is 35.1 Å². The Balaban J connectivity index is 2.32. The molecule has 0 radical (unpaired) electrons. The Morgan fingerprint density at radius 3 is 2.03 bits per heavy atom. The van der Waals surface area contributed by atoms with Gasteiger partial charge in [-0.3, -0.25) is 33.6 Å². The summed E-state index contributed by atoms with van der Waals surface area (Å²) in [7, 11) is 0. The van der Waals surface area contributed by atoms with E-state index in [1.807, 2.05) is 6.92 Å². The van der Waals surface area contributed by atoms with Gasteiger partial charge in [-0.25, -0.2) is 4.79 Å². The van der Waals surface area contributed by atoms with Crippen LogP contribution in [0.2, 0.25) is 0 Å². The molecule has 0 aromatic rings. The van der Waals surface area contributed by atoms with Gasteiger partial charge in [0.2, 0.25) is 35.3 Å². The summed E-state index contributed by atoms with van der Waals surface area (Å²) in [5.74, 6) is -5.47. The second-order valence-electron chi connectivity index (χ2n) is 16.9. The largest absolute Gasteiger partial charge is 0.458 e. The highest BCUT2D eigenvalue weighted by atomic mass is 16.6. The minimum absolute atomic E-state index is 0.0148. The first-order chi connectivity index (χ1) is 27.4. The van der Waals surface area contributed by atoms with Crippen LogP contribution in [0, 0.1) is 11.8 Å². The highest BCUT2D eigenvalue weighted by molar-refractivity contribution is 6.38. The summed E-state index contributed by atoms with van der Waals surface area (Å²) in [5.41, 5.74) is 4.64. The Labute approximate surface area is 345 Å². The van der Waals surface area contributed by atoms with Crippen LogP contribution in [0.1, 0.15) is 151 Å². The van der Waals surface area contributed by atoms with Crippen molar-refractivity contribution in [3.63, 3.8) is 0 Å². The number of Topliss-reactive ketones (excluding diaryl/α,β-unsaturated/α-hetero) is 1. The van der Waals surface area contributed by atoms with Crippen molar-refractivity contribution in [2.45, 2.75) is 187 Å². The second kappa shape index (κ2) is 25.4. The molecule has 6 amide bonds. The molecule has 6 atom stereocenters. The zero-order valence-corrected chi connectivity index (χ0v) is 36.1. The highest BCUT2D eigenvalue weighted by Crippen LogP contribution is 2.31. The maximum Gasteiger partial charge on any atom is 0.332 e. The minimum atomic E-state index is -1.29. The fourth-order valence-corrected chi connectivity index (χ4v) is 7.60. The molecule has 16 heteroatoms. The average molecular weight is 821 g/mol. The molecule has 2 rings (SSSR count). The Morgan fingerprint density at radius 1 is 0.793 bits per heavy atom. The standard InChI is InChI=1S/C42H72N6O10/c1-8-12-18-27(11-4)22-33(49)47-36(28-19-15-14-16-20-28)41(56)48-25-29(57-26-35(51)58-42(5,6)7)23-32(48)39(54)46-30(17-10-3)37(52)40(55)44-24-34(50)45-31(38(43)53)21-13-9-2/h27-32,36H,8-26H2,1-7H3,(H2,43,53)(H,44,55)(H,45,50)(H,46,54)(H,47,49)/t27?,29-,30?,31?,32+,36?/m1/s1. The summed E-state index contributed by atoms with van der Waals surface area (Å²) < 4.78 is 11.3. The van der Waals surface area contributed by atoms with Gasteiger partial charge in [-0.1, -0.05) is 85.5 Å². The molecule has 1 aliphatic carbocycles. The molecular weight excluding hydrogens is 748 g/mol. The second-order valence-corrected chi connectivity index (χ2v) is 16.9. The molecule has 0 spiro atoms. The predicted molar refractivity (Wildman–Crippen MR) is 218 cm³/mol. The first-order valence-corrected chi connectivity index (χ1v) is 21.6. The quantitative estimate of drug-likeness (QED) is 0.0667. The van der Waals surface area contributed by atoms with Crippen LogP contribution in [0.5, 0.6) is 0 Å². The van der Waals surface area contributed by atoms with Crippen molar-refractivity contribution < 1.29 is 47.8 Å². The normalized spacial score (nSPS) is 19.3. The topological polar surface area (TPSA) is 232 Å². The molecule has 2 aliphatic rings. The summed E-state index contributed by atoms with van der Waals surface area (Å²) in [6, 6.07) is -4.25. The van der Waals surface area contributed by atoms with Crippen LogP contribution in [0.4, 0.5) is 0 Å². The van der Waals surface area contributed by atoms with E-state index in [9.17, 15) is 38.4 Å². The van der Waals surface area contributed by atoms with Crippen LogP contribution in [0.15, 0.2) is 0 Å². The summed E-state index contributed by atoms with van der Waals surface area (Å²) in [6.07, 6.45) is 9.80. The molecule has 0 aromatic carbocycles. The van der Waals surface area contributed by atoms with Gasteiger partial charge in [0.1, 0.15) is 30.3 Å². The molecule has 1 saturated heterocycles. The number of nitrogens with two attached hydrogens (primary N) is 1. The average Bonchev–Trinajstić information content (AvgIpc) is 3.61. The lowest BCUT2D eigenvalue weighted by Gasteiger charge is -2.35. The van der Waals surface area contributed by atoms with E-state index in [0.717, 1.165) is 64.2 Å². The van der Waals surface area contributed by atoms with Crippen molar-refractivity contribution in [2.24, 2.45) is 17.6 Å². The third kappa shape index (κ3) is 17.4. The molecule has 0 bridgehead atoms. The van der Waals surface area contributed by atoms with Crippen LogP contribution < -0.4 is 27.0 Å². The van der Waals surface area contributed by atoms with Gasteiger partial charge in [0, 0.05) is 19.4 Å². The Kier molecular flexibility index (Phi) is 21.9. The number of nitrogens with zero attached hydrogens (tertiary/aromatic N) is 1. The van der Waals surface area contributed by atoms with Gasteiger partial charge in [-0.15, -0.1) is 0 Å². The maximum atomic E-state index is 14.7. The number of ether oxygens (including phenoxy) is 2. The number of hydrogen-bond acceptors (Lipinski definition) is 10. The maximum absolute atomic E-state index is 14.7. The smallest absolute Gasteiger partial charge is 0.332 e. The number of unbranched alkanes of at least 4 members (excludes halogenated alkanes) is 2. The van der Waals surface area contributed by atoms with Crippen LogP contribution >= 0.6 is 0 Å². The molecule has 1 saturated carbocycles. The summed E-state index contributed by atoms with van der Waals surface area (Å²) >= 11 is 0. The molecular formula is C42H72N6O10. The van der Waals surface area contributed by atoms with Gasteiger partial charge in [0.05, 0.1) is 18.7 Å². The van der Waals surface area contributed by atoms with Crippen LogP contribution in [-0.2, 0) is 47.8 Å². The fraction of sp³-hybridized carbons (Fsp3) is 0.810. The van der Waals surface area contributed by atoms with Crippen LogP contribution in [0.3, 0.4) is 0 Å². The number of carbonyl (C=O) groups is 8. The fourth-order valence-electron chi connectivity index (χ4n) is 7.60. The van der Waals surface area contributed by atoms with Crippen LogP contribution in [-0.4, -0.2) is 108 Å². The van der Waals surface area contributed by atoms with E-state index in [-0.39, 0.29) is 43.6 Å². The lowest BCUT2D eigenvalue weighted by atomic mass is 9.83. The summed E-state index contributed by atoms with van der Waals surface area (Å²) in [4.78, 5) is 107. The van der Waals surface area contributed by atoms with Crippen molar-refractivity contribution in [2.75, 3.05) is 19.7 Å². The lowest BCUT2D eigenvalue weighted by molar-refractivity contribution is -0.162. The van der Waals surface area contributed by atoms with E-state index in [1.54, 1.807) is 27.7 Å². The number of amides is 6. The number of primary amides is 1. The molecule has 1 aliphatic heterocycles. The Hall–Kier alpha value is -4.08. The van der Waals surface area contributed by atoms with Crippen molar-refractivity contribution in [3.8, 4) is 0 Å². The number of rotatable bonds is 25. The highest BCUT2D eigenvalue weighted by Gasteiger charge is 2.45. The van der Waals surface area contributed by atoms with Gasteiger partial charge >= 0.3 is 5.97 Å². The van der Waals surface area contributed by atoms with Crippen molar-refractivity contribution in [1.29, 1.82) is 0 Å². The number of carbonyl (C=O) groups excluding carboxylic acids is 8. The molecule has 2 fully saturated rings. The van der Waals surface area contributed by atoms with E-state index >= 15 is 0 Å². The SMILES string of the molecule is CCCCC(CC)CC(=O)NC(C(=O)N1C[C@H](OCC(=O)OC(C)(C)C)C[C@H]1C(=O)NC(CCC)C(=O)C(=O)NCC(=O)NC(CCCC)C(N)=O)C1CCCCC1. The monoisotopic (exact) mass is 821 g/mol. The molecule has 330 valence electrons. The van der Waals surface area contributed by atoms with E-state index in [4.69, 9.17) is 15.2 Å². The third-order valence-corrected chi connectivity index (χ3v) is 10.8. The Morgan fingerprint density at radius 2 is 1.45 bits per heavy atom. The lowest BCUT2D eigenvalue weighted by Crippen LogP contribution is -2.58.